The molecule has 0 heterocycles. The van der Waals surface area contributed by atoms with Gasteiger partial charge in [-0.3, -0.25) is 9.63 Å². The highest BCUT2D eigenvalue weighted by molar-refractivity contribution is 6.77. The van der Waals surface area contributed by atoms with Crippen LogP contribution in [0.4, 0.5) is 0 Å². The number of hydrogen-bond donors (Lipinski definition) is 0. The molecule has 5 atom stereocenters. The topological polar surface area (TPSA) is 66.5 Å². The summed E-state index contributed by atoms with van der Waals surface area (Å²) < 4.78 is 25.0. The van der Waals surface area contributed by atoms with Crippen LogP contribution in [-0.2, 0) is 30.1 Å². The number of carbonyl (C=O) groups is 1. The third-order valence-electron chi connectivity index (χ3n) is 8.42. The highest BCUT2D eigenvalue weighted by atomic mass is 28.4. The van der Waals surface area contributed by atoms with Gasteiger partial charge in [-0.25, -0.2) is 5.06 Å². The maximum Gasteiger partial charge on any atom is 0.269 e. The molecule has 0 unspecified atom stereocenters. The number of hydrogen-bond acceptors (Lipinski definition) is 6. The van der Waals surface area contributed by atoms with Gasteiger partial charge < -0.3 is 18.6 Å². The highest BCUT2D eigenvalue weighted by Crippen LogP contribution is 2.43. The molecule has 0 aromatic heterocycles. The van der Waals surface area contributed by atoms with E-state index in [1.165, 1.54) is 12.2 Å². The van der Waals surface area contributed by atoms with E-state index < -0.39 is 8.32 Å². The largest absolute Gasteiger partial charge is 0.497 e. The van der Waals surface area contributed by atoms with Crippen LogP contribution in [0.15, 0.2) is 36.4 Å². The van der Waals surface area contributed by atoms with E-state index in [1.807, 2.05) is 30.3 Å². The van der Waals surface area contributed by atoms with Gasteiger partial charge in [-0.05, 0) is 34.3 Å². The zero-order valence-corrected chi connectivity index (χ0v) is 28.4. The van der Waals surface area contributed by atoms with E-state index in [4.69, 9.17) is 23.5 Å². The van der Waals surface area contributed by atoms with Gasteiger partial charge in [0.05, 0.1) is 33.0 Å². The average Bonchev–Trinajstić information content (AvgIpc) is 2.91. The van der Waals surface area contributed by atoms with Crippen LogP contribution < -0.4 is 4.74 Å². The normalized spacial score (nSPS) is 16.4. The van der Waals surface area contributed by atoms with Crippen molar-refractivity contribution in [3.8, 4) is 5.75 Å². The fourth-order valence-electron chi connectivity index (χ4n) is 6.26. The van der Waals surface area contributed by atoms with Crippen molar-refractivity contribution in [2.24, 2.45) is 17.8 Å². The van der Waals surface area contributed by atoms with Crippen LogP contribution in [0.1, 0.15) is 67.9 Å². The predicted molar refractivity (Wildman–Crippen MR) is 166 cm³/mol. The van der Waals surface area contributed by atoms with Crippen molar-refractivity contribution in [2.75, 3.05) is 35.0 Å². The zero-order valence-electron chi connectivity index (χ0n) is 27.4. The molecule has 0 spiro atoms. The Morgan fingerprint density at radius 3 is 1.88 bits per heavy atom. The Balaban J connectivity index is 3.20. The van der Waals surface area contributed by atoms with Gasteiger partial charge in [-0.2, -0.15) is 0 Å². The van der Waals surface area contributed by atoms with Crippen molar-refractivity contribution in [2.45, 2.75) is 97.8 Å². The Morgan fingerprint density at radius 2 is 1.43 bits per heavy atom. The molecule has 40 heavy (non-hydrogen) atoms. The van der Waals surface area contributed by atoms with E-state index in [9.17, 15) is 4.79 Å². The van der Waals surface area contributed by atoms with E-state index in [-0.39, 0.29) is 35.9 Å². The summed E-state index contributed by atoms with van der Waals surface area (Å²) >= 11 is 0. The molecule has 0 radical (unpaired) electrons. The summed E-state index contributed by atoms with van der Waals surface area (Å²) in [5.74, 6) is 0.724. The summed E-state index contributed by atoms with van der Waals surface area (Å²) in [6.45, 7) is 21.4. The van der Waals surface area contributed by atoms with E-state index in [0.29, 0.717) is 29.8 Å². The van der Waals surface area contributed by atoms with E-state index in [2.05, 4.69) is 62.3 Å². The first kappa shape index (κ1) is 36.3. The molecule has 8 heteroatoms. The van der Waals surface area contributed by atoms with Crippen LogP contribution in [0.5, 0.6) is 5.75 Å². The molecule has 0 fully saturated rings. The average molecular weight is 580 g/mol. The van der Waals surface area contributed by atoms with Crippen molar-refractivity contribution in [1.29, 1.82) is 0 Å². The molecule has 0 aliphatic rings. The third kappa shape index (κ3) is 9.69. The molecule has 0 saturated heterocycles. The van der Waals surface area contributed by atoms with Crippen LogP contribution >= 0.6 is 0 Å². The first-order valence-corrected chi connectivity index (χ1v) is 16.8. The lowest BCUT2D eigenvalue weighted by atomic mass is 9.84. The summed E-state index contributed by atoms with van der Waals surface area (Å²) in [5.41, 5.74) is 2.61. The van der Waals surface area contributed by atoms with Gasteiger partial charge in [0.25, 0.3) is 5.91 Å². The number of hydroxylamine groups is 2. The monoisotopic (exact) mass is 579 g/mol. The van der Waals surface area contributed by atoms with E-state index in [0.717, 1.165) is 11.3 Å². The number of amides is 1. The Bertz CT molecular complexity index is 866. The number of benzene rings is 1. The minimum absolute atomic E-state index is 0.0324. The smallest absolute Gasteiger partial charge is 0.269 e. The second-order valence-corrected chi connectivity index (χ2v) is 17.5. The van der Waals surface area contributed by atoms with Crippen molar-refractivity contribution in [3.05, 3.63) is 42.0 Å². The van der Waals surface area contributed by atoms with Gasteiger partial charge in [0.1, 0.15) is 5.75 Å². The molecule has 0 aliphatic carbocycles. The minimum Gasteiger partial charge on any atom is -0.497 e. The molecule has 230 valence electrons. The zero-order chi connectivity index (χ0) is 30.6. The number of likely N-dealkylation sites (N-methyl/N-ethyl adjacent to an activating group) is 1. The maximum absolute atomic E-state index is 12.4. The number of methoxy groups -OCH3 is 2. The van der Waals surface area contributed by atoms with Gasteiger partial charge in [-0.1, -0.05) is 80.5 Å². The van der Waals surface area contributed by atoms with Crippen LogP contribution in [-0.4, -0.2) is 66.5 Å². The fraction of sp³-hybridized carbons (Fsp3) is 0.719. The molecule has 0 saturated carbocycles. The Morgan fingerprint density at radius 1 is 0.875 bits per heavy atom. The summed E-state index contributed by atoms with van der Waals surface area (Å²) in [5, 5.41) is 1.20. The Labute approximate surface area is 245 Å². The molecular formula is C32H57NO6Si. The lowest BCUT2D eigenvalue weighted by molar-refractivity contribution is -0.162. The molecule has 0 N–H and O–H groups in total. The fourth-order valence-corrected chi connectivity index (χ4v) is 11.8. The van der Waals surface area contributed by atoms with Crippen LogP contribution in [0.25, 0.3) is 0 Å². The Hall–Kier alpha value is -1.71. The Kier molecular flexibility index (Phi) is 15.7. The lowest BCUT2D eigenvalue weighted by Crippen LogP contribution is -2.50. The molecule has 1 aromatic rings. The van der Waals surface area contributed by atoms with Crippen LogP contribution in [0, 0.1) is 17.8 Å². The summed E-state index contributed by atoms with van der Waals surface area (Å²) in [4.78, 5) is 17.4. The highest BCUT2D eigenvalue weighted by Gasteiger charge is 2.46. The van der Waals surface area contributed by atoms with Crippen molar-refractivity contribution < 1.29 is 28.3 Å². The molecular weight excluding hydrogens is 522 g/mol. The van der Waals surface area contributed by atoms with Crippen molar-refractivity contribution >= 4 is 14.2 Å². The summed E-state index contributed by atoms with van der Waals surface area (Å²) in [6, 6.07) is 7.89. The van der Waals surface area contributed by atoms with Gasteiger partial charge in [0, 0.05) is 44.6 Å². The predicted octanol–water partition coefficient (Wildman–Crippen LogP) is 7.27. The number of ether oxygens (including phenoxy) is 3. The van der Waals surface area contributed by atoms with E-state index >= 15 is 0 Å². The second-order valence-electron chi connectivity index (χ2n) is 12.0. The second kappa shape index (κ2) is 17.3. The quantitative estimate of drug-likeness (QED) is 0.104. The molecule has 0 aliphatic heterocycles. The van der Waals surface area contributed by atoms with Crippen molar-refractivity contribution in [3.63, 3.8) is 0 Å². The molecule has 1 amide bonds. The van der Waals surface area contributed by atoms with Gasteiger partial charge in [-0.15, -0.1) is 0 Å². The lowest BCUT2D eigenvalue weighted by Gasteiger charge is -2.44. The first-order chi connectivity index (χ1) is 18.8. The molecule has 1 aromatic carbocycles. The van der Waals surface area contributed by atoms with E-state index in [1.54, 1.807) is 27.3 Å². The minimum atomic E-state index is -2.00. The first-order valence-electron chi connectivity index (χ1n) is 14.7. The van der Waals surface area contributed by atoms with Crippen molar-refractivity contribution in [1.82, 2.24) is 5.06 Å². The van der Waals surface area contributed by atoms with Gasteiger partial charge in [0.15, 0.2) is 8.32 Å². The molecule has 0 bridgehead atoms. The third-order valence-corrected chi connectivity index (χ3v) is 14.5. The van der Waals surface area contributed by atoms with Crippen LogP contribution in [0.2, 0.25) is 16.6 Å². The SMILES string of the molecule is COc1ccc(CO[C@H]([C@@H](C)[C@@H](OC)[C@@H](C)CO[Si](C(C)C)(C(C)C)C(C)C)[C@@H](C)/C=C/C(=O)N(C)OC)cc1. The van der Waals surface area contributed by atoms with Gasteiger partial charge >= 0.3 is 0 Å². The number of carbonyl (C=O) groups excluding carboxylic acids is 1. The number of nitrogens with zero attached hydrogens (tertiary/aromatic N) is 1. The molecule has 1 rings (SSSR count). The van der Waals surface area contributed by atoms with Gasteiger partial charge in [0.2, 0.25) is 0 Å². The summed E-state index contributed by atoms with van der Waals surface area (Å²) in [7, 11) is 4.49. The standard InChI is InChI=1S/C32H57NO6Si/c1-22(2)40(23(3)4,24(5)6)39-20-26(8)31(36-12)27(9)32(25(7)14-19-30(34)33(10)37-13)38-21-28-15-17-29(35-11)18-16-28/h14-19,22-27,31-32H,20-21H2,1-13H3/b19-14+/t25-,26-,27-,31-,32-/m0/s1. The maximum atomic E-state index is 12.4. The summed E-state index contributed by atoms with van der Waals surface area (Å²) in [6.07, 6.45) is 3.16. The van der Waals surface area contributed by atoms with Crippen LogP contribution in [0.3, 0.4) is 0 Å². The molecule has 7 nitrogen and oxygen atoms in total. The number of rotatable bonds is 18.